The van der Waals surface area contributed by atoms with Crippen LogP contribution in [0.3, 0.4) is 0 Å². The van der Waals surface area contributed by atoms with Gasteiger partial charge in [-0.3, -0.25) is 0 Å². The second kappa shape index (κ2) is 5.29. The van der Waals surface area contributed by atoms with Crippen LogP contribution in [0.15, 0.2) is 54.6 Å². The van der Waals surface area contributed by atoms with Crippen molar-refractivity contribution >= 4 is 22.7 Å². The summed E-state index contributed by atoms with van der Waals surface area (Å²) in [5, 5.41) is 20.2. The quantitative estimate of drug-likeness (QED) is 0.773. The summed E-state index contributed by atoms with van der Waals surface area (Å²) in [6.45, 7) is 0. The maximum Gasteiger partial charge on any atom is 0.354 e. The zero-order valence-electron chi connectivity index (χ0n) is 11.4. The number of nitrogens with zero attached hydrogens (tertiary/aromatic N) is 1. The fraction of sp³-hybridized carbons (Fsp3) is 0. The van der Waals surface area contributed by atoms with Gasteiger partial charge in [0.15, 0.2) is 0 Å². The number of fused-ring (bicyclic) bond motifs is 1. The summed E-state index contributed by atoms with van der Waals surface area (Å²) in [5.41, 5.74) is 0.706. The molecule has 22 heavy (non-hydrogen) atoms. The Kier molecular flexibility index (Phi) is 3.31. The molecule has 0 spiro atoms. The SMILES string of the molecule is O=C(O)c1cc(-c2cccc3ccccc23)cc(C(=O)O)n1. The third kappa shape index (κ3) is 2.40. The van der Waals surface area contributed by atoms with Gasteiger partial charge in [0.25, 0.3) is 0 Å². The smallest absolute Gasteiger partial charge is 0.354 e. The third-order valence-corrected chi connectivity index (χ3v) is 3.36. The summed E-state index contributed by atoms with van der Waals surface area (Å²) in [6.07, 6.45) is 0. The second-order valence-corrected chi connectivity index (χ2v) is 4.76. The van der Waals surface area contributed by atoms with Gasteiger partial charge in [-0.15, -0.1) is 0 Å². The highest BCUT2D eigenvalue weighted by molar-refractivity contribution is 5.99. The number of carboxylic acid groups (broad SMARTS) is 2. The zero-order valence-corrected chi connectivity index (χ0v) is 11.4. The molecule has 2 N–H and O–H groups in total. The molecule has 0 fully saturated rings. The van der Waals surface area contributed by atoms with E-state index in [1.165, 1.54) is 12.1 Å². The molecule has 1 heterocycles. The van der Waals surface area contributed by atoms with E-state index in [-0.39, 0.29) is 11.4 Å². The van der Waals surface area contributed by atoms with Crippen LogP contribution in [-0.4, -0.2) is 27.1 Å². The molecule has 0 bridgehead atoms. The van der Waals surface area contributed by atoms with Gasteiger partial charge in [0.1, 0.15) is 11.4 Å². The van der Waals surface area contributed by atoms with E-state index in [1.807, 2.05) is 42.5 Å². The summed E-state index contributed by atoms with van der Waals surface area (Å²) in [5.74, 6) is -2.52. The maximum atomic E-state index is 11.2. The molecule has 2 aromatic carbocycles. The number of benzene rings is 2. The fourth-order valence-corrected chi connectivity index (χ4v) is 2.38. The molecule has 0 aliphatic carbocycles. The summed E-state index contributed by atoms with van der Waals surface area (Å²) in [7, 11) is 0. The minimum atomic E-state index is -1.26. The summed E-state index contributed by atoms with van der Waals surface area (Å²) in [6, 6.07) is 16.0. The van der Waals surface area contributed by atoms with Crippen LogP contribution in [0.2, 0.25) is 0 Å². The van der Waals surface area contributed by atoms with Gasteiger partial charge in [0.2, 0.25) is 0 Å². The third-order valence-electron chi connectivity index (χ3n) is 3.36. The maximum absolute atomic E-state index is 11.2. The molecule has 0 unspecified atom stereocenters. The number of hydrogen-bond donors (Lipinski definition) is 2. The lowest BCUT2D eigenvalue weighted by atomic mass is 9.98. The minimum Gasteiger partial charge on any atom is -0.477 e. The van der Waals surface area contributed by atoms with E-state index < -0.39 is 11.9 Å². The first-order chi connectivity index (χ1) is 10.6. The average molecular weight is 293 g/mol. The molecule has 0 radical (unpaired) electrons. The van der Waals surface area contributed by atoms with Gasteiger partial charge in [0, 0.05) is 0 Å². The molecule has 5 heteroatoms. The van der Waals surface area contributed by atoms with Gasteiger partial charge in [0.05, 0.1) is 0 Å². The predicted octanol–water partition coefficient (Wildman–Crippen LogP) is 3.30. The highest BCUT2D eigenvalue weighted by Crippen LogP contribution is 2.29. The molecule has 0 amide bonds. The van der Waals surface area contributed by atoms with E-state index in [0.717, 1.165) is 16.3 Å². The van der Waals surface area contributed by atoms with Crippen molar-refractivity contribution < 1.29 is 19.8 Å². The average Bonchev–Trinajstić information content (AvgIpc) is 2.53. The van der Waals surface area contributed by atoms with Crippen molar-refractivity contribution in [3.63, 3.8) is 0 Å². The zero-order chi connectivity index (χ0) is 15.7. The highest BCUT2D eigenvalue weighted by Gasteiger charge is 2.15. The molecule has 3 aromatic rings. The van der Waals surface area contributed by atoms with Crippen LogP contribution in [0.25, 0.3) is 21.9 Å². The summed E-state index contributed by atoms with van der Waals surface area (Å²) < 4.78 is 0. The standard InChI is InChI=1S/C17H11NO4/c19-16(20)14-8-11(9-15(18-14)17(21)22)13-7-3-5-10-4-1-2-6-12(10)13/h1-9H,(H,19,20)(H,21,22). The molecular formula is C17H11NO4. The Bertz CT molecular complexity index is 865. The molecule has 3 rings (SSSR count). The molecular weight excluding hydrogens is 282 g/mol. The van der Waals surface area contributed by atoms with E-state index >= 15 is 0 Å². The number of aromatic nitrogens is 1. The van der Waals surface area contributed by atoms with Gasteiger partial charge >= 0.3 is 11.9 Å². The molecule has 0 aliphatic rings. The first-order valence-electron chi connectivity index (χ1n) is 6.53. The Morgan fingerprint density at radius 2 is 1.41 bits per heavy atom. The number of carboxylic acids is 2. The van der Waals surface area contributed by atoms with Crippen LogP contribution in [0.5, 0.6) is 0 Å². The molecule has 1 aromatic heterocycles. The largest absolute Gasteiger partial charge is 0.477 e. The van der Waals surface area contributed by atoms with Crippen LogP contribution in [0, 0.1) is 0 Å². The number of rotatable bonds is 3. The number of carbonyl (C=O) groups is 2. The van der Waals surface area contributed by atoms with E-state index in [9.17, 15) is 9.59 Å². The van der Waals surface area contributed by atoms with Crippen LogP contribution in [0.4, 0.5) is 0 Å². The Morgan fingerprint density at radius 1 is 0.818 bits per heavy atom. The fourth-order valence-electron chi connectivity index (χ4n) is 2.38. The van der Waals surface area contributed by atoms with Crippen molar-refractivity contribution in [1.82, 2.24) is 4.98 Å². The summed E-state index contributed by atoms with van der Waals surface area (Å²) in [4.78, 5) is 26.0. The van der Waals surface area contributed by atoms with Crippen LogP contribution >= 0.6 is 0 Å². The van der Waals surface area contributed by atoms with Crippen LogP contribution < -0.4 is 0 Å². The Labute approximate surface area is 125 Å². The van der Waals surface area contributed by atoms with Crippen molar-refractivity contribution in [2.45, 2.75) is 0 Å². The topological polar surface area (TPSA) is 87.5 Å². The highest BCUT2D eigenvalue weighted by atomic mass is 16.4. The Balaban J connectivity index is 2.30. The van der Waals surface area contributed by atoms with Gasteiger partial charge < -0.3 is 10.2 Å². The monoisotopic (exact) mass is 293 g/mol. The molecule has 0 saturated carbocycles. The number of pyridine rings is 1. The molecule has 108 valence electrons. The molecule has 0 atom stereocenters. The van der Waals surface area contributed by atoms with E-state index in [2.05, 4.69) is 4.98 Å². The van der Waals surface area contributed by atoms with Crippen molar-refractivity contribution in [3.05, 3.63) is 66.0 Å². The van der Waals surface area contributed by atoms with Crippen molar-refractivity contribution in [2.24, 2.45) is 0 Å². The molecule has 0 saturated heterocycles. The van der Waals surface area contributed by atoms with Gasteiger partial charge in [-0.1, -0.05) is 42.5 Å². The second-order valence-electron chi connectivity index (χ2n) is 4.76. The van der Waals surface area contributed by atoms with Crippen LogP contribution in [0.1, 0.15) is 21.0 Å². The van der Waals surface area contributed by atoms with Crippen molar-refractivity contribution in [1.29, 1.82) is 0 Å². The number of hydrogen-bond acceptors (Lipinski definition) is 3. The van der Waals surface area contributed by atoms with E-state index in [1.54, 1.807) is 0 Å². The lowest BCUT2D eigenvalue weighted by Gasteiger charge is -2.08. The minimum absolute atomic E-state index is 0.289. The Morgan fingerprint density at radius 3 is 2.05 bits per heavy atom. The first kappa shape index (κ1) is 13.8. The van der Waals surface area contributed by atoms with Crippen molar-refractivity contribution in [3.8, 4) is 11.1 Å². The predicted molar refractivity (Wildman–Crippen MR) is 81.1 cm³/mol. The Hall–Kier alpha value is -3.21. The van der Waals surface area contributed by atoms with Crippen molar-refractivity contribution in [2.75, 3.05) is 0 Å². The first-order valence-corrected chi connectivity index (χ1v) is 6.53. The number of aromatic carboxylic acids is 2. The molecule has 5 nitrogen and oxygen atoms in total. The van der Waals surface area contributed by atoms with E-state index in [4.69, 9.17) is 10.2 Å². The van der Waals surface area contributed by atoms with Gasteiger partial charge in [-0.05, 0) is 34.0 Å². The molecule has 0 aliphatic heterocycles. The van der Waals surface area contributed by atoms with Crippen LogP contribution in [-0.2, 0) is 0 Å². The van der Waals surface area contributed by atoms with Gasteiger partial charge in [-0.25, -0.2) is 14.6 Å². The summed E-state index contributed by atoms with van der Waals surface area (Å²) >= 11 is 0. The lowest BCUT2D eigenvalue weighted by molar-refractivity contribution is 0.0685. The van der Waals surface area contributed by atoms with Gasteiger partial charge in [-0.2, -0.15) is 0 Å². The lowest BCUT2D eigenvalue weighted by Crippen LogP contribution is -2.07. The van der Waals surface area contributed by atoms with E-state index in [0.29, 0.717) is 5.56 Å². The normalized spacial score (nSPS) is 10.5.